The van der Waals surface area contributed by atoms with Gasteiger partial charge in [0.25, 0.3) is 0 Å². The minimum atomic E-state index is 0.0777. The molecule has 0 fully saturated rings. The summed E-state index contributed by atoms with van der Waals surface area (Å²) < 4.78 is 3.31. The van der Waals surface area contributed by atoms with Crippen LogP contribution in [0.1, 0.15) is 11.1 Å². The molecule has 1 aromatic carbocycles. The predicted octanol–water partition coefficient (Wildman–Crippen LogP) is 5.15. The number of aryl methyl sites for hydroxylation is 1. The van der Waals surface area contributed by atoms with E-state index in [0.29, 0.717) is 5.57 Å². The molecule has 25 heavy (non-hydrogen) atoms. The Balaban J connectivity index is 1.68. The first-order valence-corrected chi connectivity index (χ1v) is 11.8. The molecule has 2 heterocycles. The molecule has 2 aliphatic rings. The first-order chi connectivity index (χ1) is 12.1. The van der Waals surface area contributed by atoms with Gasteiger partial charge < -0.3 is 5.01 Å². The summed E-state index contributed by atoms with van der Waals surface area (Å²) in [5, 5.41) is 12.4. The Morgan fingerprint density at radius 2 is 2.28 bits per heavy atom. The number of hydrazine groups is 1. The fourth-order valence-electron chi connectivity index (χ4n) is 3.32. The molecule has 1 atom stereocenters. The highest BCUT2D eigenvalue weighted by Gasteiger charge is 2.24. The molecule has 1 unspecified atom stereocenters. The standard InChI is InChI=1S/C18H14BrIN4S/c1-11-6-16(19)15(14-4-5-24(25-20)18(11)14)10-23-9-13-3-2-12(8-21)7-17(13)22-23/h2-7,9,17,22H,10H2,1H3. The van der Waals surface area contributed by atoms with Crippen LogP contribution in [-0.2, 0) is 6.54 Å². The molecule has 4 rings (SSSR count). The SMILES string of the molecule is Cc1cc(Br)c(CN2C=C3C=CC(C#N)=CC3N2)c2ccn(SI)c12. The molecule has 4 nitrogen and oxygen atoms in total. The molecule has 0 amide bonds. The number of nitrogens with zero attached hydrogens (tertiary/aromatic N) is 3. The molecule has 0 spiro atoms. The van der Waals surface area contributed by atoms with E-state index in [2.05, 4.69) is 89.1 Å². The van der Waals surface area contributed by atoms with Gasteiger partial charge in [-0.05, 0) is 47.9 Å². The van der Waals surface area contributed by atoms with Crippen LogP contribution in [0.3, 0.4) is 0 Å². The predicted molar refractivity (Wildman–Crippen MR) is 115 cm³/mol. The molecule has 126 valence electrons. The van der Waals surface area contributed by atoms with E-state index in [4.69, 9.17) is 5.26 Å². The van der Waals surface area contributed by atoms with Crippen LogP contribution in [0.25, 0.3) is 10.9 Å². The quantitative estimate of drug-likeness (QED) is 0.564. The van der Waals surface area contributed by atoms with Crippen molar-refractivity contribution in [3.8, 4) is 6.07 Å². The van der Waals surface area contributed by atoms with Crippen LogP contribution in [0.4, 0.5) is 0 Å². The molecule has 0 bridgehead atoms. The maximum Gasteiger partial charge on any atom is 0.0988 e. The molecule has 2 aromatic rings. The van der Waals surface area contributed by atoms with Gasteiger partial charge in [-0.1, -0.05) is 22.0 Å². The summed E-state index contributed by atoms with van der Waals surface area (Å²) in [6.45, 7) is 2.89. The number of nitriles is 1. The van der Waals surface area contributed by atoms with Gasteiger partial charge in [-0.15, -0.1) is 0 Å². The average Bonchev–Trinajstić information content (AvgIpc) is 3.21. The van der Waals surface area contributed by atoms with Crippen LogP contribution >= 0.6 is 46.3 Å². The van der Waals surface area contributed by atoms with Crippen molar-refractivity contribution in [2.75, 3.05) is 0 Å². The van der Waals surface area contributed by atoms with Crippen LogP contribution in [0.5, 0.6) is 0 Å². The number of rotatable bonds is 3. The van der Waals surface area contributed by atoms with E-state index < -0.39 is 0 Å². The normalized spacial score (nSPS) is 19.0. The van der Waals surface area contributed by atoms with Crippen molar-refractivity contribution in [2.24, 2.45) is 0 Å². The van der Waals surface area contributed by atoms with Gasteiger partial charge in [0.15, 0.2) is 0 Å². The lowest BCUT2D eigenvalue weighted by Gasteiger charge is -2.21. The Hall–Kier alpha value is -1.21. The minimum Gasteiger partial charge on any atom is -0.310 e. The highest BCUT2D eigenvalue weighted by molar-refractivity contribution is 14.2. The van der Waals surface area contributed by atoms with Crippen LogP contribution in [0, 0.1) is 18.3 Å². The zero-order chi connectivity index (χ0) is 17.6. The first-order valence-electron chi connectivity index (χ1n) is 7.73. The largest absolute Gasteiger partial charge is 0.310 e. The van der Waals surface area contributed by atoms with Gasteiger partial charge in [-0.2, -0.15) is 5.26 Å². The topological polar surface area (TPSA) is 44.0 Å². The van der Waals surface area contributed by atoms with Gasteiger partial charge in [0.2, 0.25) is 0 Å². The second-order valence-electron chi connectivity index (χ2n) is 6.06. The van der Waals surface area contributed by atoms with Crippen LogP contribution in [0.15, 0.2) is 58.4 Å². The highest BCUT2D eigenvalue weighted by atomic mass is 127. The third kappa shape index (κ3) is 3.05. The molecule has 0 saturated carbocycles. The Kier molecular flexibility index (Phi) is 4.71. The zero-order valence-corrected chi connectivity index (χ0v) is 17.9. The smallest absolute Gasteiger partial charge is 0.0988 e. The van der Waals surface area contributed by atoms with Crippen molar-refractivity contribution in [2.45, 2.75) is 19.5 Å². The summed E-state index contributed by atoms with van der Waals surface area (Å²) in [7, 11) is 1.68. The van der Waals surface area contributed by atoms with E-state index in [1.54, 1.807) is 9.12 Å². The Morgan fingerprint density at radius 3 is 3.04 bits per heavy atom. The van der Waals surface area contributed by atoms with Crippen molar-refractivity contribution < 1.29 is 0 Å². The van der Waals surface area contributed by atoms with Gasteiger partial charge in [0.05, 0.1) is 24.2 Å². The summed E-state index contributed by atoms with van der Waals surface area (Å²) in [6.07, 6.45) is 10.1. The number of nitrogens with one attached hydrogen (secondary N) is 1. The van der Waals surface area contributed by atoms with Crippen molar-refractivity contribution in [1.82, 2.24) is 14.4 Å². The molecule has 1 aliphatic heterocycles. The van der Waals surface area contributed by atoms with Gasteiger partial charge in [-0.25, -0.2) is 5.43 Å². The number of halogens is 2. The first kappa shape index (κ1) is 17.2. The lowest BCUT2D eigenvalue weighted by Crippen LogP contribution is -2.35. The van der Waals surface area contributed by atoms with Gasteiger partial charge in [0.1, 0.15) is 0 Å². The zero-order valence-electron chi connectivity index (χ0n) is 13.3. The number of hydrogen-bond donors (Lipinski definition) is 1. The number of allylic oxidation sites excluding steroid dienone is 2. The van der Waals surface area contributed by atoms with Crippen LogP contribution in [0.2, 0.25) is 0 Å². The number of fused-ring (bicyclic) bond motifs is 2. The molecule has 0 saturated heterocycles. The second-order valence-corrected chi connectivity index (χ2v) is 8.63. The fraction of sp³-hybridized carbons (Fsp3) is 0.167. The van der Waals surface area contributed by atoms with Crippen molar-refractivity contribution in [3.63, 3.8) is 0 Å². The molecule has 1 aliphatic carbocycles. The van der Waals surface area contributed by atoms with E-state index >= 15 is 0 Å². The average molecular weight is 525 g/mol. The number of aromatic nitrogens is 1. The molecule has 0 radical (unpaired) electrons. The van der Waals surface area contributed by atoms with E-state index in [9.17, 15) is 0 Å². The van der Waals surface area contributed by atoms with Gasteiger partial charge in [-0.3, -0.25) is 3.97 Å². The lowest BCUT2D eigenvalue weighted by molar-refractivity contribution is 0.281. The monoisotopic (exact) mass is 524 g/mol. The summed E-state index contributed by atoms with van der Waals surface area (Å²) in [4.78, 5) is 0. The van der Waals surface area contributed by atoms with E-state index in [0.717, 1.165) is 11.0 Å². The van der Waals surface area contributed by atoms with E-state index in [1.807, 2.05) is 18.2 Å². The maximum absolute atomic E-state index is 9.08. The number of hydrogen-bond acceptors (Lipinski definition) is 4. The molecule has 1 N–H and O–H groups in total. The molecule has 7 heteroatoms. The van der Waals surface area contributed by atoms with Crippen LogP contribution < -0.4 is 5.43 Å². The Labute approximate surface area is 171 Å². The molecular weight excluding hydrogens is 511 g/mol. The summed E-state index contributed by atoms with van der Waals surface area (Å²) in [6, 6.07) is 6.65. The Bertz CT molecular complexity index is 999. The molecule has 1 aromatic heterocycles. The molecular formula is C18H14BrIN4S. The Morgan fingerprint density at radius 1 is 1.44 bits per heavy atom. The van der Waals surface area contributed by atoms with Gasteiger partial charge in [0, 0.05) is 58.2 Å². The van der Waals surface area contributed by atoms with Gasteiger partial charge >= 0.3 is 0 Å². The second kappa shape index (κ2) is 6.83. The van der Waals surface area contributed by atoms with E-state index in [-0.39, 0.29) is 6.04 Å². The summed E-state index contributed by atoms with van der Waals surface area (Å²) in [5.74, 6) is 0. The van der Waals surface area contributed by atoms with Crippen molar-refractivity contribution >= 4 is 57.2 Å². The van der Waals surface area contributed by atoms with Crippen molar-refractivity contribution in [1.29, 1.82) is 5.26 Å². The third-order valence-corrected chi connectivity index (χ3v) is 6.92. The summed E-state index contributed by atoms with van der Waals surface area (Å²) in [5.41, 5.74) is 9.10. The summed E-state index contributed by atoms with van der Waals surface area (Å²) >= 11 is 6.05. The minimum absolute atomic E-state index is 0.0777. The van der Waals surface area contributed by atoms with Crippen molar-refractivity contribution in [3.05, 3.63) is 69.5 Å². The van der Waals surface area contributed by atoms with Crippen LogP contribution in [-0.4, -0.2) is 15.0 Å². The maximum atomic E-state index is 9.08. The fourth-order valence-corrected chi connectivity index (χ4v) is 5.41. The lowest BCUT2D eigenvalue weighted by atomic mass is 10.0. The number of benzene rings is 1. The highest BCUT2D eigenvalue weighted by Crippen LogP contribution is 2.35. The van der Waals surface area contributed by atoms with E-state index in [1.165, 1.54) is 27.6 Å². The third-order valence-electron chi connectivity index (χ3n) is 4.48.